The molecule has 0 aliphatic carbocycles. The Morgan fingerprint density at radius 1 is 1.33 bits per heavy atom. The summed E-state index contributed by atoms with van der Waals surface area (Å²) in [5, 5.41) is 6.81. The summed E-state index contributed by atoms with van der Waals surface area (Å²) >= 11 is 13.0. The van der Waals surface area contributed by atoms with Crippen LogP contribution >= 0.6 is 34.7 Å². The van der Waals surface area contributed by atoms with Crippen LogP contribution in [0.5, 0.6) is 0 Å². The van der Waals surface area contributed by atoms with Crippen molar-refractivity contribution >= 4 is 57.3 Å². The number of hydrogen-bond acceptors (Lipinski definition) is 6. The van der Waals surface area contributed by atoms with Gasteiger partial charge in [-0.25, -0.2) is 4.79 Å². The molecule has 0 aliphatic heterocycles. The Balaban J connectivity index is 2.06. The number of amides is 1. The van der Waals surface area contributed by atoms with E-state index in [9.17, 15) is 9.59 Å². The van der Waals surface area contributed by atoms with Gasteiger partial charge in [-0.2, -0.15) is 4.37 Å². The third-order valence-corrected chi connectivity index (χ3v) is 4.64. The predicted molar refractivity (Wildman–Crippen MR) is 96.4 cm³/mol. The Hall–Kier alpha value is -1.83. The van der Waals surface area contributed by atoms with Gasteiger partial charge < -0.3 is 15.4 Å². The van der Waals surface area contributed by atoms with Gasteiger partial charge in [-0.1, -0.05) is 23.2 Å². The lowest BCUT2D eigenvalue weighted by atomic mass is 10.2. The number of ether oxygens (including phenoxy) is 1. The van der Waals surface area contributed by atoms with Crippen LogP contribution in [-0.4, -0.2) is 29.4 Å². The van der Waals surface area contributed by atoms with Crippen LogP contribution in [0.2, 0.25) is 10.0 Å². The zero-order chi connectivity index (χ0) is 17.9. The molecule has 0 spiro atoms. The van der Waals surface area contributed by atoms with Gasteiger partial charge in [-0.05, 0) is 43.6 Å². The molecule has 9 heteroatoms. The Bertz CT molecular complexity index is 779. The number of nitrogens with zero attached hydrogens (tertiary/aromatic N) is 1. The molecule has 1 atom stereocenters. The van der Waals surface area contributed by atoms with Crippen LogP contribution in [-0.2, 0) is 9.53 Å². The van der Waals surface area contributed by atoms with Crippen LogP contribution in [0, 0.1) is 6.92 Å². The van der Waals surface area contributed by atoms with Gasteiger partial charge in [0.25, 0.3) is 5.91 Å². The minimum Gasteiger partial charge on any atom is -0.449 e. The first-order chi connectivity index (χ1) is 11.3. The summed E-state index contributed by atoms with van der Waals surface area (Å²) in [5.41, 5.74) is 1.26. The van der Waals surface area contributed by atoms with Crippen LogP contribution in [0.25, 0.3) is 0 Å². The Labute approximate surface area is 153 Å². The van der Waals surface area contributed by atoms with Crippen molar-refractivity contribution in [3.63, 3.8) is 0 Å². The molecule has 1 aromatic heterocycles. The molecule has 128 valence electrons. The monoisotopic (exact) mass is 387 g/mol. The van der Waals surface area contributed by atoms with Gasteiger partial charge in [0.15, 0.2) is 6.10 Å². The number of carbonyl (C=O) groups excluding carboxylic acids is 2. The number of halogens is 2. The summed E-state index contributed by atoms with van der Waals surface area (Å²) in [4.78, 5) is 24.5. The summed E-state index contributed by atoms with van der Waals surface area (Å²) in [5.74, 6) is -1.12. The summed E-state index contributed by atoms with van der Waals surface area (Å²) in [7, 11) is 1.68. The molecule has 0 saturated heterocycles. The molecule has 1 unspecified atom stereocenters. The van der Waals surface area contributed by atoms with Crippen molar-refractivity contribution in [3.8, 4) is 0 Å². The number of aromatic nitrogens is 1. The second-order valence-corrected chi connectivity index (χ2v) is 6.50. The molecule has 0 aliphatic rings. The highest BCUT2D eigenvalue weighted by Gasteiger charge is 2.24. The first kappa shape index (κ1) is 18.5. The zero-order valence-electron chi connectivity index (χ0n) is 13.1. The first-order valence-corrected chi connectivity index (χ1v) is 8.47. The van der Waals surface area contributed by atoms with E-state index in [-0.39, 0.29) is 0 Å². The van der Waals surface area contributed by atoms with E-state index >= 15 is 0 Å². The summed E-state index contributed by atoms with van der Waals surface area (Å²) < 4.78 is 9.32. The van der Waals surface area contributed by atoms with E-state index in [0.717, 1.165) is 11.5 Å². The molecule has 2 rings (SSSR count). The van der Waals surface area contributed by atoms with Gasteiger partial charge in [-0.3, -0.25) is 4.79 Å². The largest absolute Gasteiger partial charge is 0.449 e. The minimum atomic E-state index is -1.01. The van der Waals surface area contributed by atoms with Crippen molar-refractivity contribution in [2.24, 2.45) is 0 Å². The Morgan fingerprint density at radius 2 is 2.04 bits per heavy atom. The molecular weight excluding hydrogens is 373 g/mol. The molecule has 1 aromatic carbocycles. The van der Waals surface area contributed by atoms with E-state index in [2.05, 4.69) is 15.0 Å². The normalized spacial score (nSPS) is 11.7. The van der Waals surface area contributed by atoms with Crippen molar-refractivity contribution in [1.82, 2.24) is 4.37 Å². The van der Waals surface area contributed by atoms with Gasteiger partial charge in [0, 0.05) is 12.1 Å². The third-order valence-electron chi connectivity index (χ3n) is 3.14. The average molecular weight is 388 g/mol. The lowest BCUT2D eigenvalue weighted by Crippen LogP contribution is -2.30. The molecule has 0 saturated carbocycles. The number of carbonyl (C=O) groups is 2. The van der Waals surface area contributed by atoms with Crippen LogP contribution in [0.3, 0.4) is 0 Å². The van der Waals surface area contributed by atoms with E-state index in [1.54, 1.807) is 26.1 Å². The highest BCUT2D eigenvalue weighted by Crippen LogP contribution is 2.27. The fraction of sp³-hybridized carbons (Fsp3) is 0.267. The highest BCUT2D eigenvalue weighted by atomic mass is 35.5. The lowest BCUT2D eigenvalue weighted by molar-refractivity contribution is -0.123. The quantitative estimate of drug-likeness (QED) is 0.758. The maximum atomic E-state index is 12.3. The van der Waals surface area contributed by atoms with Crippen LogP contribution in [0.4, 0.5) is 10.7 Å². The maximum absolute atomic E-state index is 12.3. The second-order valence-electron chi connectivity index (χ2n) is 4.88. The van der Waals surface area contributed by atoms with Gasteiger partial charge in [0.05, 0.1) is 16.4 Å². The first-order valence-electron chi connectivity index (χ1n) is 6.94. The number of hydrogen-bond donors (Lipinski definition) is 2. The number of esters is 1. The Kier molecular flexibility index (Phi) is 6.04. The van der Waals surface area contributed by atoms with Gasteiger partial charge >= 0.3 is 5.97 Å². The van der Waals surface area contributed by atoms with Crippen molar-refractivity contribution in [1.29, 1.82) is 0 Å². The lowest BCUT2D eigenvalue weighted by Gasteiger charge is -2.14. The molecule has 24 heavy (non-hydrogen) atoms. The number of aryl methyl sites for hydroxylation is 1. The number of anilines is 2. The summed E-state index contributed by atoms with van der Waals surface area (Å²) in [6.07, 6.45) is -1.01. The van der Waals surface area contributed by atoms with Crippen LogP contribution in [0.15, 0.2) is 18.2 Å². The van der Waals surface area contributed by atoms with E-state index in [4.69, 9.17) is 27.9 Å². The number of rotatable bonds is 5. The number of benzene rings is 1. The van der Waals surface area contributed by atoms with E-state index < -0.39 is 18.0 Å². The average Bonchev–Trinajstić information content (AvgIpc) is 2.90. The Morgan fingerprint density at radius 3 is 2.67 bits per heavy atom. The predicted octanol–water partition coefficient (Wildman–Crippen LogP) is 3.98. The van der Waals surface area contributed by atoms with Gasteiger partial charge in [-0.15, -0.1) is 0 Å². The molecule has 1 heterocycles. The zero-order valence-corrected chi connectivity index (χ0v) is 15.5. The van der Waals surface area contributed by atoms with Gasteiger partial charge in [0.1, 0.15) is 10.6 Å². The molecule has 0 radical (unpaired) electrons. The maximum Gasteiger partial charge on any atom is 0.343 e. The molecule has 2 N–H and O–H groups in total. The standard InChI is InChI=1S/C15H15Cl2N3O3S/c1-7-12(14(18-3)24-20-7)15(22)23-8(2)13(21)19-11-5-4-9(16)6-10(11)17/h4-6,8,18H,1-3H3,(H,19,21). The second kappa shape index (κ2) is 7.83. The molecule has 0 fully saturated rings. The smallest absolute Gasteiger partial charge is 0.343 e. The third kappa shape index (κ3) is 4.17. The van der Waals surface area contributed by atoms with Crippen LogP contribution in [0.1, 0.15) is 23.0 Å². The van der Waals surface area contributed by atoms with E-state index in [1.807, 2.05) is 0 Å². The van der Waals surface area contributed by atoms with Crippen LogP contribution < -0.4 is 10.6 Å². The molecule has 2 aromatic rings. The van der Waals surface area contributed by atoms with Gasteiger partial charge in [0.2, 0.25) is 0 Å². The summed E-state index contributed by atoms with van der Waals surface area (Å²) in [6, 6.07) is 4.68. The fourth-order valence-electron chi connectivity index (χ4n) is 1.88. The van der Waals surface area contributed by atoms with E-state index in [1.165, 1.54) is 13.0 Å². The molecule has 1 amide bonds. The molecule has 0 bridgehead atoms. The van der Waals surface area contributed by atoms with Crippen molar-refractivity contribution < 1.29 is 14.3 Å². The van der Waals surface area contributed by atoms with E-state index in [0.29, 0.717) is 32.0 Å². The van der Waals surface area contributed by atoms with Crippen molar-refractivity contribution in [2.75, 3.05) is 17.7 Å². The van der Waals surface area contributed by atoms with Crippen molar-refractivity contribution in [2.45, 2.75) is 20.0 Å². The fourth-order valence-corrected chi connectivity index (χ4v) is 3.07. The SMILES string of the molecule is CNc1snc(C)c1C(=O)OC(C)C(=O)Nc1ccc(Cl)cc1Cl. The highest BCUT2D eigenvalue weighted by molar-refractivity contribution is 7.10. The topological polar surface area (TPSA) is 80.3 Å². The molecular formula is C15H15Cl2N3O3S. The summed E-state index contributed by atoms with van der Waals surface area (Å²) in [6.45, 7) is 3.18. The van der Waals surface area contributed by atoms with Crippen molar-refractivity contribution in [3.05, 3.63) is 39.5 Å². The minimum absolute atomic E-state index is 0.296. The number of nitrogens with one attached hydrogen (secondary N) is 2. The molecule has 6 nitrogen and oxygen atoms in total.